The van der Waals surface area contributed by atoms with E-state index in [-0.39, 0.29) is 6.42 Å². The van der Waals surface area contributed by atoms with Crippen molar-refractivity contribution in [2.24, 2.45) is 0 Å². The molecule has 0 spiro atoms. The number of aliphatic carboxylic acids is 1. The number of aliphatic hydroxyl groups excluding tert-OH is 1. The van der Waals surface area contributed by atoms with Crippen LogP contribution in [0, 0.1) is 0 Å². The first-order chi connectivity index (χ1) is 12.2. The summed E-state index contributed by atoms with van der Waals surface area (Å²) in [6, 6.07) is 0. The van der Waals surface area contributed by atoms with Crippen LogP contribution in [0.4, 0.5) is 0 Å². The molecule has 0 heterocycles. The van der Waals surface area contributed by atoms with Gasteiger partial charge in [0.1, 0.15) is 0 Å². The van der Waals surface area contributed by atoms with Crippen molar-refractivity contribution in [2.45, 2.75) is 122 Å². The molecule has 0 radical (unpaired) electrons. The topological polar surface area (TPSA) is 57.5 Å². The van der Waals surface area contributed by atoms with Gasteiger partial charge >= 0.3 is 5.97 Å². The smallest absolute Gasteiger partial charge is 0.332 e. The van der Waals surface area contributed by atoms with Crippen molar-refractivity contribution in [3.8, 4) is 0 Å². The van der Waals surface area contributed by atoms with E-state index in [2.05, 4.69) is 6.92 Å². The highest BCUT2D eigenvalue weighted by atomic mass is 16.4. The normalized spacial score (nSPS) is 12.7. The van der Waals surface area contributed by atoms with E-state index in [0.717, 1.165) is 12.8 Å². The van der Waals surface area contributed by atoms with E-state index >= 15 is 0 Å². The van der Waals surface area contributed by atoms with Crippen molar-refractivity contribution in [1.82, 2.24) is 0 Å². The number of hydrogen-bond donors (Lipinski definition) is 2. The molecule has 0 rings (SSSR count). The fraction of sp³-hybridized carbons (Fsp3) is 0.864. The minimum atomic E-state index is -1.25. The molecule has 3 nitrogen and oxygen atoms in total. The van der Waals surface area contributed by atoms with Crippen LogP contribution in [0.2, 0.25) is 0 Å². The zero-order valence-electron chi connectivity index (χ0n) is 16.6. The van der Waals surface area contributed by atoms with Crippen molar-refractivity contribution < 1.29 is 15.0 Å². The number of carboxylic acids is 1. The molecule has 0 saturated heterocycles. The maximum Gasteiger partial charge on any atom is 0.332 e. The van der Waals surface area contributed by atoms with Crippen LogP contribution in [0.3, 0.4) is 0 Å². The number of aliphatic hydroxyl groups is 1. The molecule has 148 valence electrons. The van der Waals surface area contributed by atoms with Gasteiger partial charge in [0.15, 0.2) is 6.10 Å². The van der Waals surface area contributed by atoms with E-state index in [4.69, 9.17) is 10.2 Å². The van der Waals surface area contributed by atoms with Crippen LogP contribution in [0.1, 0.15) is 116 Å². The molecule has 0 aliphatic carbocycles. The SMILES string of the molecule is CCCCCCCCCCCCCCCCC/C=C/CC(O)C(=O)O. The second-order valence-corrected chi connectivity index (χ2v) is 7.30. The van der Waals surface area contributed by atoms with E-state index in [1.54, 1.807) is 6.08 Å². The van der Waals surface area contributed by atoms with E-state index < -0.39 is 12.1 Å². The van der Waals surface area contributed by atoms with E-state index in [1.165, 1.54) is 89.9 Å². The molecule has 2 N–H and O–H groups in total. The summed E-state index contributed by atoms with van der Waals surface area (Å²) in [4.78, 5) is 10.4. The predicted molar refractivity (Wildman–Crippen MR) is 107 cm³/mol. The monoisotopic (exact) mass is 354 g/mol. The third-order valence-corrected chi connectivity index (χ3v) is 4.79. The molecule has 25 heavy (non-hydrogen) atoms. The zero-order valence-corrected chi connectivity index (χ0v) is 16.6. The lowest BCUT2D eigenvalue weighted by atomic mass is 10.0. The first kappa shape index (κ1) is 24.2. The van der Waals surface area contributed by atoms with E-state index in [0.29, 0.717) is 0 Å². The van der Waals surface area contributed by atoms with Gasteiger partial charge in [0.25, 0.3) is 0 Å². The first-order valence-electron chi connectivity index (χ1n) is 10.7. The molecule has 0 saturated carbocycles. The Morgan fingerprint density at radius 3 is 1.52 bits per heavy atom. The first-order valence-corrected chi connectivity index (χ1v) is 10.7. The van der Waals surface area contributed by atoms with Gasteiger partial charge in [-0.2, -0.15) is 0 Å². The Morgan fingerprint density at radius 1 is 0.720 bits per heavy atom. The lowest BCUT2D eigenvalue weighted by molar-refractivity contribution is -0.146. The molecular formula is C22H42O3. The number of unbranched alkanes of at least 4 members (excludes halogenated alkanes) is 15. The Kier molecular flexibility index (Phi) is 18.8. The number of rotatable bonds is 19. The van der Waals surface area contributed by atoms with Gasteiger partial charge in [0.2, 0.25) is 0 Å². The molecule has 1 unspecified atom stereocenters. The van der Waals surface area contributed by atoms with Gasteiger partial charge in [0.05, 0.1) is 0 Å². The van der Waals surface area contributed by atoms with Crippen LogP contribution in [-0.2, 0) is 4.79 Å². The second kappa shape index (κ2) is 19.5. The van der Waals surface area contributed by atoms with Crippen molar-refractivity contribution in [1.29, 1.82) is 0 Å². The van der Waals surface area contributed by atoms with Crippen molar-refractivity contribution in [3.63, 3.8) is 0 Å². The summed E-state index contributed by atoms with van der Waals surface area (Å²) in [6.45, 7) is 2.27. The molecule has 0 bridgehead atoms. The minimum absolute atomic E-state index is 0.216. The van der Waals surface area contributed by atoms with Crippen LogP contribution >= 0.6 is 0 Å². The summed E-state index contributed by atoms with van der Waals surface area (Å²) in [5, 5.41) is 17.7. The molecule has 0 amide bonds. The van der Waals surface area contributed by atoms with Crippen LogP contribution in [-0.4, -0.2) is 22.3 Å². The molecule has 0 aromatic rings. The Labute approximate surface area is 155 Å². The summed E-state index contributed by atoms with van der Waals surface area (Å²) >= 11 is 0. The van der Waals surface area contributed by atoms with Gasteiger partial charge in [-0.05, 0) is 12.8 Å². The maximum atomic E-state index is 10.4. The van der Waals surface area contributed by atoms with Gasteiger partial charge in [-0.15, -0.1) is 0 Å². The lowest BCUT2D eigenvalue weighted by Gasteiger charge is -2.03. The molecule has 0 aromatic heterocycles. The summed E-state index contributed by atoms with van der Waals surface area (Å²) in [6.07, 6.45) is 24.3. The number of allylic oxidation sites excluding steroid dienone is 1. The van der Waals surface area contributed by atoms with Crippen molar-refractivity contribution >= 4 is 5.97 Å². The summed E-state index contributed by atoms with van der Waals surface area (Å²) < 4.78 is 0. The number of carboxylic acid groups (broad SMARTS) is 1. The van der Waals surface area contributed by atoms with Crippen LogP contribution in [0.25, 0.3) is 0 Å². The van der Waals surface area contributed by atoms with Gasteiger partial charge in [-0.25, -0.2) is 4.79 Å². The minimum Gasteiger partial charge on any atom is -0.479 e. The highest BCUT2D eigenvalue weighted by Gasteiger charge is 2.09. The molecular weight excluding hydrogens is 312 g/mol. The van der Waals surface area contributed by atoms with Gasteiger partial charge in [0, 0.05) is 6.42 Å². The molecule has 0 fully saturated rings. The second-order valence-electron chi connectivity index (χ2n) is 7.30. The lowest BCUT2D eigenvalue weighted by Crippen LogP contribution is -2.17. The maximum absolute atomic E-state index is 10.4. The van der Waals surface area contributed by atoms with E-state index in [1.807, 2.05) is 6.08 Å². The van der Waals surface area contributed by atoms with Crippen LogP contribution in [0.15, 0.2) is 12.2 Å². The average Bonchev–Trinajstić information content (AvgIpc) is 2.60. The number of carbonyl (C=O) groups is 1. The summed E-state index contributed by atoms with van der Waals surface area (Å²) in [5.41, 5.74) is 0. The summed E-state index contributed by atoms with van der Waals surface area (Å²) in [5.74, 6) is -1.14. The number of hydrogen-bond acceptors (Lipinski definition) is 2. The quantitative estimate of drug-likeness (QED) is 0.202. The third kappa shape index (κ3) is 19.3. The standard InChI is InChI=1S/C22H42O3/c1-2-3-4-5-6-7-8-9-10-11-12-13-14-15-16-17-18-19-20-21(23)22(24)25/h18-19,21,23H,2-17,20H2,1H3,(H,24,25)/b19-18+. The third-order valence-electron chi connectivity index (χ3n) is 4.79. The van der Waals surface area contributed by atoms with Gasteiger partial charge in [-0.3, -0.25) is 0 Å². The average molecular weight is 355 g/mol. The van der Waals surface area contributed by atoms with Crippen molar-refractivity contribution in [3.05, 3.63) is 12.2 Å². The molecule has 0 aliphatic heterocycles. The molecule has 3 heteroatoms. The highest BCUT2D eigenvalue weighted by Crippen LogP contribution is 2.13. The molecule has 1 atom stereocenters. The Hall–Kier alpha value is -0.830. The van der Waals surface area contributed by atoms with Crippen LogP contribution < -0.4 is 0 Å². The Morgan fingerprint density at radius 2 is 1.12 bits per heavy atom. The van der Waals surface area contributed by atoms with Gasteiger partial charge in [-0.1, -0.05) is 109 Å². The Bertz CT molecular complexity index is 312. The van der Waals surface area contributed by atoms with E-state index in [9.17, 15) is 4.79 Å². The summed E-state index contributed by atoms with van der Waals surface area (Å²) in [7, 11) is 0. The molecule has 0 aromatic carbocycles. The highest BCUT2D eigenvalue weighted by molar-refractivity contribution is 5.72. The Balaban J connectivity index is 3.12. The van der Waals surface area contributed by atoms with Gasteiger partial charge < -0.3 is 10.2 Å². The fourth-order valence-corrected chi connectivity index (χ4v) is 3.08. The van der Waals surface area contributed by atoms with Crippen molar-refractivity contribution in [2.75, 3.05) is 0 Å². The largest absolute Gasteiger partial charge is 0.479 e. The fourth-order valence-electron chi connectivity index (χ4n) is 3.08. The predicted octanol–water partition coefficient (Wildman–Crippen LogP) is 6.64. The van der Waals surface area contributed by atoms with Crippen LogP contribution in [0.5, 0.6) is 0 Å². The zero-order chi connectivity index (χ0) is 18.6. The molecule has 0 aliphatic rings.